The first-order valence-corrected chi connectivity index (χ1v) is 10.5. The topological polar surface area (TPSA) is 82.9 Å². The van der Waals surface area contributed by atoms with Gasteiger partial charge < -0.3 is 19.9 Å². The number of urea groups is 1. The number of carbonyl (C=O) groups excluding carboxylic acids is 2. The number of likely N-dealkylation sites (tertiary alicyclic amines) is 1. The monoisotopic (exact) mass is 406 g/mol. The largest absolute Gasteiger partial charge is 0.381 e. The lowest BCUT2D eigenvalue weighted by Crippen LogP contribution is -2.50. The molecule has 0 saturated carbocycles. The van der Waals surface area contributed by atoms with Crippen LogP contribution in [0.15, 0.2) is 12.4 Å². The zero-order valence-corrected chi connectivity index (χ0v) is 17.8. The van der Waals surface area contributed by atoms with Gasteiger partial charge in [-0.1, -0.05) is 0 Å². The van der Waals surface area contributed by atoms with Gasteiger partial charge >= 0.3 is 6.03 Å². The van der Waals surface area contributed by atoms with Gasteiger partial charge in [0.1, 0.15) is 6.54 Å². The number of rotatable bonds is 7. The fourth-order valence-electron chi connectivity index (χ4n) is 4.23. The Hall–Kier alpha value is -2.13. The maximum atomic E-state index is 12.3. The summed E-state index contributed by atoms with van der Waals surface area (Å²) in [6.07, 6.45) is 6.58. The van der Waals surface area contributed by atoms with Gasteiger partial charge in [-0.05, 0) is 31.7 Å². The fraction of sp³-hybridized carbons (Fsp3) is 0.750. The van der Waals surface area contributed by atoms with Gasteiger partial charge in [-0.3, -0.25) is 14.4 Å². The molecule has 1 aromatic heterocycles. The number of amides is 3. The van der Waals surface area contributed by atoms with Crippen LogP contribution in [0.3, 0.4) is 0 Å². The fourth-order valence-corrected chi connectivity index (χ4v) is 4.23. The van der Waals surface area contributed by atoms with Crippen LogP contribution in [-0.2, 0) is 16.1 Å². The summed E-state index contributed by atoms with van der Waals surface area (Å²) in [5, 5.41) is 7.19. The van der Waals surface area contributed by atoms with Crippen molar-refractivity contribution >= 4 is 11.9 Å². The Balaban J connectivity index is 1.53. The van der Waals surface area contributed by atoms with E-state index in [-0.39, 0.29) is 18.5 Å². The van der Waals surface area contributed by atoms with Gasteiger partial charge in [0.15, 0.2) is 0 Å². The number of aryl methyl sites for hydroxylation is 1. The van der Waals surface area contributed by atoms with Crippen molar-refractivity contribution in [1.29, 1.82) is 0 Å². The standard InChI is InChI=1S/C20H34N6O3/c1-16-12-22-25(13-16)15-19(27)21-7-9-26(17-5-10-29-11-6-17)18-4-8-24(14-18)20(28)23(2)3/h12-13,17-18H,4-11,14-15H2,1-3H3,(H,21,27). The molecule has 1 atom stereocenters. The van der Waals surface area contributed by atoms with Crippen LogP contribution in [0, 0.1) is 6.92 Å². The van der Waals surface area contributed by atoms with Crippen LogP contribution in [0.1, 0.15) is 24.8 Å². The van der Waals surface area contributed by atoms with Crippen molar-refractivity contribution in [3.8, 4) is 0 Å². The third kappa shape index (κ3) is 5.93. The second-order valence-electron chi connectivity index (χ2n) is 8.21. The maximum Gasteiger partial charge on any atom is 0.319 e. The minimum absolute atomic E-state index is 0.0316. The Kier molecular flexibility index (Phi) is 7.49. The molecule has 0 spiro atoms. The van der Waals surface area contributed by atoms with Crippen molar-refractivity contribution in [3.05, 3.63) is 18.0 Å². The van der Waals surface area contributed by atoms with Crippen molar-refractivity contribution in [1.82, 2.24) is 29.8 Å². The molecule has 2 aliphatic rings. The molecule has 1 aromatic rings. The minimum atomic E-state index is -0.0316. The summed E-state index contributed by atoms with van der Waals surface area (Å²) in [6, 6.07) is 0.837. The van der Waals surface area contributed by atoms with E-state index < -0.39 is 0 Å². The number of aromatic nitrogens is 2. The summed E-state index contributed by atoms with van der Waals surface area (Å²) in [5.41, 5.74) is 1.04. The first-order valence-electron chi connectivity index (χ1n) is 10.5. The van der Waals surface area contributed by atoms with E-state index in [0.29, 0.717) is 18.6 Å². The van der Waals surface area contributed by atoms with E-state index in [4.69, 9.17) is 4.74 Å². The molecular weight excluding hydrogens is 372 g/mol. The lowest BCUT2D eigenvalue weighted by atomic mass is 10.0. The maximum absolute atomic E-state index is 12.3. The van der Waals surface area contributed by atoms with Crippen molar-refractivity contribution < 1.29 is 14.3 Å². The third-order valence-corrected chi connectivity index (χ3v) is 5.71. The molecule has 1 unspecified atom stereocenters. The van der Waals surface area contributed by atoms with Crippen molar-refractivity contribution in [2.24, 2.45) is 0 Å². The first-order chi connectivity index (χ1) is 13.9. The number of hydrogen-bond donors (Lipinski definition) is 1. The second kappa shape index (κ2) is 10.1. The molecule has 2 saturated heterocycles. The average Bonchev–Trinajstić information content (AvgIpc) is 3.34. The van der Waals surface area contributed by atoms with Gasteiger partial charge in [0.2, 0.25) is 5.91 Å². The van der Waals surface area contributed by atoms with Crippen molar-refractivity contribution in [2.45, 2.75) is 44.8 Å². The van der Waals surface area contributed by atoms with Gasteiger partial charge in [0, 0.05) is 71.8 Å². The first kappa shape index (κ1) is 21.6. The highest BCUT2D eigenvalue weighted by molar-refractivity contribution is 5.75. The summed E-state index contributed by atoms with van der Waals surface area (Å²) in [4.78, 5) is 30.6. The highest BCUT2D eigenvalue weighted by Gasteiger charge is 2.34. The number of nitrogens with one attached hydrogen (secondary N) is 1. The average molecular weight is 407 g/mol. The molecule has 162 valence electrons. The molecule has 29 heavy (non-hydrogen) atoms. The number of nitrogens with zero attached hydrogens (tertiary/aromatic N) is 5. The number of hydrogen-bond acceptors (Lipinski definition) is 5. The Morgan fingerprint density at radius 2 is 2.00 bits per heavy atom. The second-order valence-corrected chi connectivity index (χ2v) is 8.21. The highest BCUT2D eigenvalue weighted by atomic mass is 16.5. The van der Waals surface area contributed by atoms with E-state index in [1.165, 1.54) is 0 Å². The van der Waals surface area contributed by atoms with E-state index in [0.717, 1.165) is 57.7 Å². The molecule has 0 radical (unpaired) electrons. The molecule has 2 aliphatic heterocycles. The minimum Gasteiger partial charge on any atom is -0.381 e. The lowest BCUT2D eigenvalue weighted by molar-refractivity contribution is -0.122. The van der Waals surface area contributed by atoms with Gasteiger partial charge in [-0.25, -0.2) is 4.79 Å². The molecule has 9 heteroatoms. The van der Waals surface area contributed by atoms with E-state index >= 15 is 0 Å². The predicted molar refractivity (Wildman–Crippen MR) is 110 cm³/mol. The van der Waals surface area contributed by atoms with Crippen LogP contribution in [-0.4, -0.2) is 102 Å². The van der Waals surface area contributed by atoms with Gasteiger partial charge in [0.25, 0.3) is 0 Å². The van der Waals surface area contributed by atoms with Gasteiger partial charge in [-0.15, -0.1) is 0 Å². The molecule has 1 N–H and O–H groups in total. The Labute approximate surface area is 172 Å². The molecule has 0 aliphatic carbocycles. The van der Waals surface area contributed by atoms with Crippen LogP contribution in [0.25, 0.3) is 0 Å². The van der Waals surface area contributed by atoms with Crippen molar-refractivity contribution in [2.75, 3.05) is 53.5 Å². The molecular formula is C20H34N6O3. The van der Waals surface area contributed by atoms with Gasteiger partial charge in [-0.2, -0.15) is 5.10 Å². The van der Waals surface area contributed by atoms with Gasteiger partial charge in [0.05, 0.1) is 6.20 Å². The molecule has 3 heterocycles. The van der Waals surface area contributed by atoms with E-state index in [1.807, 2.05) is 18.0 Å². The van der Waals surface area contributed by atoms with Crippen molar-refractivity contribution in [3.63, 3.8) is 0 Å². The van der Waals surface area contributed by atoms with Crippen LogP contribution >= 0.6 is 0 Å². The number of carbonyl (C=O) groups is 2. The molecule has 0 bridgehead atoms. The highest BCUT2D eigenvalue weighted by Crippen LogP contribution is 2.23. The normalized spacial score (nSPS) is 20.3. The molecule has 3 rings (SSSR count). The Morgan fingerprint density at radius 1 is 1.24 bits per heavy atom. The lowest BCUT2D eigenvalue weighted by Gasteiger charge is -2.38. The van der Waals surface area contributed by atoms with E-state index in [9.17, 15) is 9.59 Å². The van der Waals surface area contributed by atoms with Crippen LogP contribution < -0.4 is 5.32 Å². The zero-order valence-electron chi connectivity index (χ0n) is 17.8. The smallest absolute Gasteiger partial charge is 0.319 e. The summed E-state index contributed by atoms with van der Waals surface area (Å²) < 4.78 is 7.19. The van der Waals surface area contributed by atoms with E-state index in [1.54, 1.807) is 29.9 Å². The molecule has 9 nitrogen and oxygen atoms in total. The predicted octanol–water partition coefficient (Wildman–Crippen LogP) is 0.545. The van der Waals surface area contributed by atoms with E-state index in [2.05, 4.69) is 15.3 Å². The molecule has 2 fully saturated rings. The SMILES string of the molecule is Cc1cnn(CC(=O)NCCN(C2CCOCC2)C2CCN(C(=O)N(C)C)C2)c1. The molecule has 0 aromatic carbocycles. The van der Waals surface area contributed by atoms with Crippen LogP contribution in [0.2, 0.25) is 0 Å². The Morgan fingerprint density at radius 3 is 2.66 bits per heavy atom. The van der Waals surface area contributed by atoms with Crippen LogP contribution in [0.4, 0.5) is 4.79 Å². The third-order valence-electron chi connectivity index (χ3n) is 5.71. The van der Waals surface area contributed by atoms with Crippen LogP contribution in [0.5, 0.6) is 0 Å². The summed E-state index contributed by atoms with van der Waals surface area (Å²) >= 11 is 0. The summed E-state index contributed by atoms with van der Waals surface area (Å²) in [5.74, 6) is -0.0316. The molecule has 3 amide bonds. The number of ether oxygens (including phenoxy) is 1. The summed E-state index contributed by atoms with van der Waals surface area (Å²) in [7, 11) is 3.59. The summed E-state index contributed by atoms with van der Waals surface area (Å²) in [6.45, 7) is 6.65. The quantitative estimate of drug-likeness (QED) is 0.715. The Bertz CT molecular complexity index is 686. The zero-order chi connectivity index (χ0) is 20.8.